The maximum atomic E-state index is 11.5. The van der Waals surface area contributed by atoms with Crippen LogP contribution in [0.1, 0.15) is 33.3 Å². The third-order valence-corrected chi connectivity index (χ3v) is 2.61. The molecule has 20 heavy (non-hydrogen) atoms. The molecule has 0 unspecified atom stereocenters. The summed E-state index contributed by atoms with van der Waals surface area (Å²) in [4.78, 5) is 21.8. The molecule has 6 nitrogen and oxygen atoms in total. The molecule has 0 atom stereocenters. The fourth-order valence-electron chi connectivity index (χ4n) is 1.54. The van der Waals surface area contributed by atoms with Crippen LogP contribution in [-0.2, 0) is 11.3 Å². The summed E-state index contributed by atoms with van der Waals surface area (Å²) >= 11 is 0. The number of likely N-dealkylation sites (N-methyl/N-ethyl adjacent to an activating group) is 2. The van der Waals surface area contributed by atoms with Crippen molar-refractivity contribution < 1.29 is 4.79 Å². The lowest BCUT2D eigenvalue weighted by Crippen LogP contribution is -2.36. The smallest absolute Gasteiger partial charge is 0.239 e. The molecular weight excluding hydrogens is 254 g/mol. The summed E-state index contributed by atoms with van der Waals surface area (Å²) in [6.07, 6.45) is 3.57. The van der Waals surface area contributed by atoms with Crippen molar-refractivity contribution in [3.05, 3.63) is 18.0 Å². The summed E-state index contributed by atoms with van der Waals surface area (Å²) in [5, 5.41) is 6.13. The Labute approximate surface area is 121 Å². The lowest BCUT2D eigenvalue weighted by atomic mass is 10.1. The number of nitrogens with zero attached hydrogens (tertiary/aromatic N) is 3. The van der Waals surface area contributed by atoms with Gasteiger partial charge in [-0.2, -0.15) is 0 Å². The number of hydrogen-bond acceptors (Lipinski definition) is 5. The van der Waals surface area contributed by atoms with Crippen molar-refractivity contribution in [2.24, 2.45) is 0 Å². The molecule has 112 valence electrons. The Bertz CT molecular complexity index is 424. The maximum Gasteiger partial charge on any atom is 0.239 e. The van der Waals surface area contributed by atoms with Crippen LogP contribution >= 0.6 is 0 Å². The van der Waals surface area contributed by atoms with E-state index in [1.807, 2.05) is 6.92 Å². The number of carbonyl (C=O) groups excluding carboxylic acids is 1. The van der Waals surface area contributed by atoms with Crippen molar-refractivity contribution in [1.29, 1.82) is 0 Å². The second-order valence-electron chi connectivity index (χ2n) is 5.80. The van der Waals surface area contributed by atoms with Crippen molar-refractivity contribution in [2.45, 2.75) is 39.8 Å². The van der Waals surface area contributed by atoms with Crippen molar-refractivity contribution in [3.63, 3.8) is 0 Å². The Morgan fingerprint density at radius 1 is 1.30 bits per heavy atom. The summed E-state index contributed by atoms with van der Waals surface area (Å²) in [7, 11) is 1.80. The quantitative estimate of drug-likeness (QED) is 0.811. The average molecular weight is 279 g/mol. The number of hydrogen-bond donors (Lipinski definition) is 2. The molecule has 0 aliphatic rings. The van der Waals surface area contributed by atoms with Gasteiger partial charge in [0.2, 0.25) is 11.9 Å². The lowest BCUT2D eigenvalue weighted by Gasteiger charge is -2.20. The number of rotatable bonds is 6. The molecule has 0 aromatic carbocycles. The highest BCUT2D eigenvalue weighted by molar-refractivity contribution is 5.80. The molecule has 0 bridgehead atoms. The average Bonchev–Trinajstić information content (AvgIpc) is 2.36. The first-order valence-electron chi connectivity index (χ1n) is 6.85. The van der Waals surface area contributed by atoms with Gasteiger partial charge in [-0.15, -0.1) is 0 Å². The molecular formula is C14H25N5O. The van der Waals surface area contributed by atoms with E-state index >= 15 is 0 Å². The van der Waals surface area contributed by atoms with E-state index < -0.39 is 0 Å². The number of carbonyl (C=O) groups is 1. The molecule has 6 heteroatoms. The minimum Gasteiger partial charge on any atom is -0.355 e. The van der Waals surface area contributed by atoms with Gasteiger partial charge in [0.25, 0.3) is 0 Å². The van der Waals surface area contributed by atoms with Crippen LogP contribution in [0, 0.1) is 0 Å². The van der Waals surface area contributed by atoms with Crippen LogP contribution in [0.25, 0.3) is 0 Å². The SMILES string of the molecule is CCNC(=O)CN(C)c1ncc(CNC(C)(C)C)cn1. The molecule has 0 fully saturated rings. The van der Waals surface area contributed by atoms with E-state index in [2.05, 4.69) is 41.4 Å². The van der Waals surface area contributed by atoms with Crippen LogP contribution in [0.15, 0.2) is 12.4 Å². The molecule has 0 aliphatic carbocycles. The molecule has 1 aromatic rings. The summed E-state index contributed by atoms with van der Waals surface area (Å²) in [6.45, 7) is 9.85. The van der Waals surface area contributed by atoms with Crippen LogP contribution in [0.2, 0.25) is 0 Å². The van der Waals surface area contributed by atoms with Gasteiger partial charge in [-0.3, -0.25) is 4.79 Å². The summed E-state index contributed by atoms with van der Waals surface area (Å²) in [6, 6.07) is 0. The minimum atomic E-state index is -0.0305. The normalized spacial score (nSPS) is 11.2. The van der Waals surface area contributed by atoms with Crippen molar-refractivity contribution in [2.75, 3.05) is 25.0 Å². The minimum absolute atomic E-state index is 0.0305. The van der Waals surface area contributed by atoms with Crippen LogP contribution in [0.5, 0.6) is 0 Å². The first kappa shape index (κ1) is 16.4. The number of aromatic nitrogens is 2. The molecule has 1 amide bonds. The van der Waals surface area contributed by atoms with Gasteiger partial charge in [0.15, 0.2) is 0 Å². The number of anilines is 1. The molecule has 2 N–H and O–H groups in total. The highest BCUT2D eigenvalue weighted by Crippen LogP contribution is 2.06. The summed E-state index contributed by atoms with van der Waals surface area (Å²) in [5.74, 6) is 0.521. The first-order valence-corrected chi connectivity index (χ1v) is 6.85. The van der Waals surface area contributed by atoms with Gasteiger partial charge in [-0.05, 0) is 27.7 Å². The molecule has 0 aliphatic heterocycles. The highest BCUT2D eigenvalue weighted by Gasteiger charge is 2.11. The maximum absolute atomic E-state index is 11.5. The van der Waals surface area contributed by atoms with Crippen molar-refractivity contribution >= 4 is 11.9 Å². The van der Waals surface area contributed by atoms with Gasteiger partial charge < -0.3 is 15.5 Å². The number of amides is 1. The predicted molar refractivity (Wildman–Crippen MR) is 80.6 cm³/mol. The molecule has 0 radical (unpaired) electrons. The van der Waals surface area contributed by atoms with Crippen molar-refractivity contribution in [1.82, 2.24) is 20.6 Å². The molecule has 1 heterocycles. The fraction of sp³-hybridized carbons (Fsp3) is 0.643. The molecule has 1 aromatic heterocycles. The highest BCUT2D eigenvalue weighted by atomic mass is 16.2. The zero-order valence-corrected chi connectivity index (χ0v) is 13.0. The van der Waals surface area contributed by atoms with Gasteiger partial charge >= 0.3 is 0 Å². The summed E-state index contributed by atoms with van der Waals surface area (Å²) in [5.41, 5.74) is 1.09. The van der Waals surface area contributed by atoms with Gasteiger partial charge in [0.05, 0.1) is 6.54 Å². The Balaban J connectivity index is 2.55. The van der Waals surface area contributed by atoms with Gasteiger partial charge in [0, 0.05) is 43.6 Å². The Morgan fingerprint density at radius 3 is 2.40 bits per heavy atom. The number of nitrogens with one attached hydrogen (secondary N) is 2. The van der Waals surface area contributed by atoms with Crippen LogP contribution in [0.3, 0.4) is 0 Å². The topological polar surface area (TPSA) is 70.2 Å². The Hall–Kier alpha value is -1.69. The Kier molecular flexibility index (Phi) is 5.88. The predicted octanol–water partition coefficient (Wildman–Crippen LogP) is 0.937. The largest absolute Gasteiger partial charge is 0.355 e. The van der Waals surface area contributed by atoms with Gasteiger partial charge in [-0.1, -0.05) is 0 Å². The van der Waals surface area contributed by atoms with E-state index in [0.29, 0.717) is 12.5 Å². The Morgan fingerprint density at radius 2 is 1.90 bits per heavy atom. The molecule has 0 saturated carbocycles. The summed E-state index contributed by atoms with van der Waals surface area (Å²) < 4.78 is 0. The monoisotopic (exact) mass is 279 g/mol. The first-order chi connectivity index (χ1) is 9.31. The van der Waals surface area contributed by atoms with E-state index in [-0.39, 0.29) is 18.0 Å². The van der Waals surface area contributed by atoms with E-state index in [4.69, 9.17) is 0 Å². The van der Waals surface area contributed by atoms with E-state index in [1.54, 1.807) is 24.3 Å². The van der Waals surface area contributed by atoms with E-state index in [1.165, 1.54) is 0 Å². The zero-order valence-electron chi connectivity index (χ0n) is 13.0. The molecule has 1 rings (SSSR count). The van der Waals surface area contributed by atoms with Gasteiger partial charge in [0.1, 0.15) is 0 Å². The second-order valence-corrected chi connectivity index (χ2v) is 5.80. The molecule has 0 saturated heterocycles. The third kappa shape index (κ3) is 5.97. The third-order valence-electron chi connectivity index (χ3n) is 2.61. The zero-order chi connectivity index (χ0) is 15.2. The van der Waals surface area contributed by atoms with Crippen LogP contribution in [-0.4, -0.2) is 41.6 Å². The van der Waals surface area contributed by atoms with Crippen LogP contribution in [0.4, 0.5) is 5.95 Å². The molecule has 0 spiro atoms. The van der Waals surface area contributed by atoms with Gasteiger partial charge in [-0.25, -0.2) is 9.97 Å². The fourth-order valence-corrected chi connectivity index (χ4v) is 1.54. The lowest BCUT2D eigenvalue weighted by molar-refractivity contribution is -0.119. The second kappa shape index (κ2) is 7.19. The van der Waals surface area contributed by atoms with E-state index in [9.17, 15) is 4.79 Å². The van der Waals surface area contributed by atoms with E-state index in [0.717, 1.165) is 12.1 Å². The van der Waals surface area contributed by atoms with Crippen molar-refractivity contribution in [3.8, 4) is 0 Å². The standard InChI is InChI=1S/C14H25N5O/c1-6-15-12(20)10-19(5)13-16-7-11(8-17-13)9-18-14(2,3)4/h7-8,18H,6,9-10H2,1-5H3,(H,15,20). The van der Waals surface area contributed by atoms with Crippen LogP contribution < -0.4 is 15.5 Å².